The number of ether oxygens (including phenoxy) is 1. The van der Waals surface area contributed by atoms with Crippen molar-refractivity contribution in [2.24, 2.45) is 0 Å². The van der Waals surface area contributed by atoms with Crippen LogP contribution >= 0.6 is 11.6 Å². The van der Waals surface area contributed by atoms with Gasteiger partial charge in [-0.1, -0.05) is 24.9 Å². The van der Waals surface area contributed by atoms with Crippen molar-refractivity contribution >= 4 is 38.5 Å². The van der Waals surface area contributed by atoms with Gasteiger partial charge in [-0.15, -0.1) is 0 Å². The first-order valence-corrected chi connectivity index (χ1v) is 13.4. The normalized spacial score (nSPS) is 19.0. The van der Waals surface area contributed by atoms with Gasteiger partial charge in [0.1, 0.15) is 22.4 Å². The third kappa shape index (κ3) is 5.96. The predicted molar refractivity (Wildman–Crippen MR) is 132 cm³/mol. The van der Waals surface area contributed by atoms with Gasteiger partial charge in [-0.3, -0.25) is 0 Å². The van der Waals surface area contributed by atoms with E-state index < -0.39 is 10.0 Å². The summed E-state index contributed by atoms with van der Waals surface area (Å²) in [7, 11) is -1.58. The standard InChI is InChI=1S/C23H30ClN5O3S/c1-3-4-9-33(30,31)29-17-7-5-16(6-8-17)27-22-11-15(10-21(24)28-22)20-14-26-23-19(20)12-18(32-2)13-25-23/h10-14,16-17,29H,3-9H2,1-2H3,(H,25,26)(H,27,28)/t16-,17-. The highest BCUT2D eigenvalue weighted by Crippen LogP contribution is 2.33. The summed E-state index contributed by atoms with van der Waals surface area (Å²) in [5.74, 6) is 1.59. The van der Waals surface area contributed by atoms with Crippen LogP contribution in [0.15, 0.2) is 30.6 Å². The van der Waals surface area contributed by atoms with Crippen molar-refractivity contribution < 1.29 is 13.2 Å². The molecule has 0 amide bonds. The second-order valence-electron chi connectivity index (χ2n) is 8.52. The number of aromatic nitrogens is 3. The van der Waals surface area contributed by atoms with Crippen LogP contribution in [0, 0.1) is 0 Å². The molecule has 3 heterocycles. The molecule has 3 aromatic rings. The maximum absolute atomic E-state index is 12.2. The number of halogens is 1. The molecule has 0 radical (unpaired) electrons. The lowest BCUT2D eigenvalue weighted by Gasteiger charge is -2.30. The zero-order chi connectivity index (χ0) is 23.4. The molecule has 0 atom stereocenters. The molecule has 0 aromatic carbocycles. The number of aromatic amines is 1. The van der Waals surface area contributed by atoms with Gasteiger partial charge in [0.05, 0.1) is 19.1 Å². The molecular weight excluding hydrogens is 462 g/mol. The van der Waals surface area contributed by atoms with Crippen molar-refractivity contribution in [3.05, 3.63) is 35.7 Å². The predicted octanol–water partition coefficient (Wildman–Crippen LogP) is 4.73. The minimum Gasteiger partial charge on any atom is -0.495 e. The average molecular weight is 492 g/mol. The van der Waals surface area contributed by atoms with Gasteiger partial charge in [-0.05, 0) is 55.9 Å². The molecule has 0 unspecified atom stereocenters. The first kappa shape index (κ1) is 23.8. The van der Waals surface area contributed by atoms with E-state index in [1.165, 1.54) is 0 Å². The van der Waals surface area contributed by atoms with Gasteiger partial charge in [0.2, 0.25) is 10.0 Å². The Hall–Kier alpha value is -2.36. The van der Waals surface area contributed by atoms with Gasteiger partial charge in [0, 0.05) is 29.2 Å². The molecular formula is C23H30ClN5O3S. The first-order chi connectivity index (χ1) is 15.9. The number of nitrogens with zero attached hydrogens (tertiary/aromatic N) is 2. The van der Waals surface area contributed by atoms with E-state index in [0.29, 0.717) is 23.1 Å². The lowest BCUT2D eigenvalue weighted by molar-refractivity contribution is 0.387. The van der Waals surface area contributed by atoms with Gasteiger partial charge in [-0.25, -0.2) is 23.1 Å². The summed E-state index contributed by atoms with van der Waals surface area (Å²) in [6, 6.07) is 5.97. The van der Waals surface area contributed by atoms with E-state index in [1.807, 2.05) is 31.3 Å². The summed E-state index contributed by atoms with van der Waals surface area (Å²) in [4.78, 5) is 12.0. The molecule has 1 aliphatic carbocycles. The molecule has 178 valence electrons. The van der Waals surface area contributed by atoms with Crippen LogP contribution in [-0.4, -0.2) is 48.3 Å². The Morgan fingerprint density at radius 1 is 1.18 bits per heavy atom. The number of pyridine rings is 2. The summed E-state index contributed by atoms with van der Waals surface area (Å²) in [5.41, 5.74) is 2.66. The number of H-pyrrole nitrogens is 1. The summed E-state index contributed by atoms with van der Waals surface area (Å²) >= 11 is 6.35. The quantitative estimate of drug-likeness (QED) is 0.373. The van der Waals surface area contributed by atoms with Crippen molar-refractivity contribution in [1.82, 2.24) is 19.7 Å². The third-order valence-corrected chi connectivity index (χ3v) is 7.75. The zero-order valence-corrected chi connectivity index (χ0v) is 20.5. The van der Waals surface area contributed by atoms with Gasteiger partial charge >= 0.3 is 0 Å². The Kier molecular flexibility index (Phi) is 7.41. The number of fused-ring (bicyclic) bond motifs is 1. The Balaban J connectivity index is 1.44. The Bertz CT molecular complexity index is 1210. The van der Waals surface area contributed by atoms with Crippen LogP contribution in [0.2, 0.25) is 5.15 Å². The summed E-state index contributed by atoms with van der Waals surface area (Å²) in [6.45, 7) is 1.99. The van der Waals surface area contributed by atoms with E-state index in [4.69, 9.17) is 16.3 Å². The Labute approximate surface area is 199 Å². The van der Waals surface area contributed by atoms with Crippen LogP contribution in [-0.2, 0) is 10.0 Å². The molecule has 33 heavy (non-hydrogen) atoms. The van der Waals surface area contributed by atoms with Crippen molar-refractivity contribution in [2.75, 3.05) is 18.2 Å². The zero-order valence-electron chi connectivity index (χ0n) is 18.9. The summed E-state index contributed by atoms with van der Waals surface area (Å²) in [5, 5.41) is 4.83. The minimum absolute atomic E-state index is 0.00138. The van der Waals surface area contributed by atoms with E-state index in [2.05, 4.69) is 25.0 Å². The molecule has 1 aliphatic rings. The van der Waals surface area contributed by atoms with Crippen molar-refractivity contribution in [3.63, 3.8) is 0 Å². The fraction of sp³-hybridized carbons (Fsp3) is 0.478. The molecule has 1 fully saturated rings. The largest absolute Gasteiger partial charge is 0.495 e. The van der Waals surface area contributed by atoms with Crippen LogP contribution in [0.3, 0.4) is 0 Å². The molecule has 0 saturated heterocycles. The van der Waals surface area contributed by atoms with Crippen LogP contribution in [0.4, 0.5) is 5.82 Å². The number of sulfonamides is 1. The molecule has 0 spiro atoms. The number of anilines is 1. The number of rotatable bonds is 9. The third-order valence-electron chi connectivity index (χ3n) is 6.04. The fourth-order valence-electron chi connectivity index (χ4n) is 4.27. The lowest BCUT2D eigenvalue weighted by Crippen LogP contribution is -2.41. The summed E-state index contributed by atoms with van der Waals surface area (Å²) in [6.07, 6.45) is 8.45. The molecule has 3 N–H and O–H groups in total. The van der Waals surface area contributed by atoms with Crippen molar-refractivity contribution in [1.29, 1.82) is 0 Å². The fourth-order valence-corrected chi connectivity index (χ4v) is 6.01. The maximum Gasteiger partial charge on any atom is 0.211 e. The van der Waals surface area contributed by atoms with E-state index in [0.717, 1.165) is 54.3 Å². The number of hydrogen-bond donors (Lipinski definition) is 3. The minimum atomic E-state index is -3.20. The van der Waals surface area contributed by atoms with E-state index in [1.54, 1.807) is 13.3 Å². The molecule has 0 aliphatic heterocycles. The second kappa shape index (κ2) is 10.3. The van der Waals surface area contributed by atoms with Crippen LogP contribution in [0.25, 0.3) is 22.2 Å². The Morgan fingerprint density at radius 3 is 2.67 bits per heavy atom. The lowest BCUT2D eigenvalue weighted by atomic mass is 9.92. The molecule has 4 rings (SSSR count). The summed E-state index contributed by atoms with van der Waals surface area (Å²) < 4.78 is 32.6. The van der Waals surface area contributed by atoms with Gasteiger partial charge < -0.3 is 15.0 Å². The number of methoxy groups -OCH3 is 1. The SMILES string of the molecule is CCCCS(=O)(=O)N[C@H]1CC[C@H](Nc2cc(-c3c[nH]c4ncc(OC)cc34)cc(Cl)n2)CC1. The van der Waals surface area contributed by atoms with Gasteiger partial charge in [0.25, 0.3) is 0 Å². The monoisotopic (exact) mass is 491 g/mol. The number of unbranched alkanes of at least 4 members (excludes halogenated alkanes) is 1. The first-order valence-electron chi connectivity index (χ1n) is 11.3. The number of nitrogens with one attached hydrogen (secondary N) is 3. The molecule has 0 bridgehead atoms. The second-order valence-corrected chi connectivity index (χ2v) is 10.8. The van der Waals surface area contributed by atoms with Gasteiger partial charge in [0.15, 0.2) is 0 Å². The smallest absolute Gasteiger partial charge is 0.211 e. The Morgan fingerprint density at radius 2 is 1.94 bits per heavy atom. The maximum atomic E-state index is 12.2. The average Bonchev–Trinajstić information content (AvgIpc) is 3.22. The molecule has 8 nitrogen and oxygen atoms in total. The highest BCUT2D eigenvalue weighted by molar-refractivity contribution is 7.89. The molecule has 1 saturated carbocycles. The van der Waals surface area contributed by atoms with Crippen molar-refractivity contribution in [3.8, 4) is 16.9 Å². The van der Waals surface area contributed by atoms with Crippen LogP contribution in [0.1, 0.15) is 45.4 Å². The van der Waals surface area contributed by atoms with Crippen molar-refractivity contribution in [2.45, 2.75) is 57.5 Å². The van der Waals surface area contributed by atoms with E-state index in [9.17, 15) is 8.42 Å². The number of hydrogen-bond acceptors (Lipinski definition) is 6. The van der Waals surface area contributed by atoms with E-state index in [-0.39, 0.29) is 17.8 Å². The van der Waals surface area contributed by atoms with Crippen LogP contribution in [0.5, 0.6) is 5.75 Å². The molecule has 10 heteroatoms. The molecule has 3 aromatic heterocycles. The van der Waals surface area contributed by atoms with Crippen LogP contribution < -0.4 is 14.8 Å². The topological polar surface area (TPSA) is 109 Å². The van der Waals surface area contributed by atoms with E-state index >= 15 is 0 Å². The van der Waals surface area contributed by atoms with Gasteiger partial charge in [-0.2, -0.15) is 0 Å². The highest BCUT2D eigenvalue weighted by Gasteiger charge is 2.25. The highest BCUT2D eigenvalue weighted by atomic mass is 35.5.